The fraction of sp³-hybridized carbons (Fsp3) is 0.615. The standard InChI is InChI=1S/C13H17F3N4O2/c1-2-20-6-5-8(19-20)7-17-11(21)9-3-4-10(13(14,15)16)18-12(9)22/h5-6,9-10H,2-4,7H2,1H3,(H,17,21)(H,18,22). The second kappa shape index (κ2) is 6.37. The number of aryl methyl sites for hydroxylation is 1. The summed E-state index contributed by atoms with van der Waals surface area (Å²) in [4.78, 5) is 23.6. The zero-order valence-electron chi connectivity index (χ0n) is 12.0. The van der Waals surface area contributed by atoms with Gasteiger partial charge in [-0.3, -0.25) is 14.3 Å². The Morgan fingerprint density at radius 2 is 2.23 bits per heavy atom. The van der Waals surface area contributed by atoms with Crippen molar-refractivity contribution in [3.05, 3.63) is 18.0 Å². The average Bonchev–Trinajstić information content (AvgIpc) is 2.91. The number of halogens is 3. The third-order valence-corrected chi connectivity index (χ3v) is 3.55. The Morgan fingerprint density at radius 1 is 1.50 bits per heavy atom. The first-order valence-electron chi connectivity index (χ1n) is 6.98. The van der Waals surface area contributed by atoms with Crippen LogP contribution in [0.1, 0.15) is 25.5 Å². The Balaban J connectivity index is 1.87. The smallest absolute Gasteiger partial charge is 0.350 e. The van der Waals surface area contributed by atoms with Crippen LogP contribution in [0.5, 0.6) is 0 Å². The van der Waals surface area contributed by atoms with Gasteiger partial charge in [-0.1, -0.05) is 0 Å². The Hall–Kier alpha value is -2.06. The van der Waals surface area contributed by atoms with Crippen molar-refractivity contribution in [3.8, 4) is 0 Å². The Morgan fingerprint density at radius 3 is 2.77 bits per heavy atom. The van der Waals surface area contributed by atoms with E-state index in [1.807, 2.05) is 12.2 Å². The largest absolute Gasteiger partial charge is 0.408 e. The molecule has 0 aromatic carbocycles. The normalized spacial score (nSPS) is 22.3. The van der Waals surface area contributed by atoms with E-state index in [2.05, 4.69) is 10.4 Å². The van der Waals surface area contributed by atoms with Crippen LogP contribution in [0.2, 0.25) is 0 Å². The molecular formula is C13H17F3N4O2. The number of piperidine rings is 1. The predicted molar refractivity (Wildman–Crippen MR) is 70.5 cm³/mol. The van der Waals surface area contributed by atoms with Crippen LogP contribution in [-0.2, 0) is 22.7 Å². The summed E-state index contributed by atoms with van der Waals surface area (Å²) in [5.74, 6) is -2.55. The molecule has 2 atom stereocenters. The van der Waals surface area contributed by atoms with E-state index in [0.717, 1.165) is 0 Å². The van der Waals surface area contributed by atoms with Crippen molar-refractivity contribution in [1.82, 2.24) is 20.4 Å². The number of alkyl halides is 3. The lowest BCUT2D eigenvalue weighted by Crippen LogP contribution is -2.54. The van der Waals surface area contributed by atoms with E-state index >= 15 is 0 Å². The SMILES string of the molecule is CCn1ccc(CNC(=O)C2CCC(C(F)(F)F)NC2=O)n1. The number of carbonyl (C=O) groups is 2. The molecule has 0 radical (unpaired) electrons. The number of hydrogen-bond acceptors (Lipinski definition) is 3. The van der Waals surface area contributed by atoms with E-state index in [-0.39, 0.29) is 19.4 Å². The zero-order chi connectivity index (χ0) is 16.3. The fourth-order valence-corrected chi connectivity index (χ4v) is 2.28. The van der Waals surface area contributed by atoms with Crippen LogP contribution in [0.4, 0.5) is 13.2 Å². The third kappa shape index (κ3) is 3.77. The van der Waals surface area contributed by atoms with Crippen LogP contribution >= 0.6 is 0 Å². The summed E-state index contributed by atoms with van der Waals surface area (Å²) in [5.41, 5.74) is 0.625. The molecular weight excluding hydrogens is 301 g/mol. The second-order valence-electron chi connectivity index (χ2n) is 5.11. The maximum absolute atomic E-state index is 12.5. The van der Waals surface area contributed by atoms with Crippen molar-refractivity contribution in [2.45, 2.75) is 45.1 Å². The quantitative estimate of drug-likeness (QED) is 0.813. The average molecular weight is 318 g/mol. The van der Waals surface area contributed by atoms with Gasteiger partial charge in [-0.15, -0.1) is 0 Å². The molecule has 1 aliphatic rings. The van der Waals surface area contributed by atoms with Gasteiger partial charge >= 0.3 is 6.18 Å². The van der Waals surface area contributed by atoms with Crippen LogP contribution in [0.25, 0.3) is 0 Å². The molecule has 6 nitrogen and oxygen atoms in total. The molecule has 9 heteroatoms. The lowest BCUT2D eigenvalue weighted by molar-refractivity contribution is -0.171. The number of nitrogens with one attached hydrogen (secondary N) is 2. The van der Waals surface area contributed by atoms with Crippen LogP contribution in [0, 0.1) is 5.92 Å². The highest BCUT2D eigenvalue weighted by atomic mass is 19.4. The van der Waals surface area contributed by atoms with Crippen LogP contribution in [-0.4, -0.2) is 33.8 Å². The monoisotopic (exact) mass is 318 g/mol. The van der Waals surface area contributed by atoms with Crippen molar-refractivity contribution >= 4 is 11.8 Å². The van der Waals surface area contributed by atoms with Crippen LogP contribution in [0.15, 0.2) is 12.3 Å². The number of hydrogen-bond donors (Lipinski definition) is 2. The molecule has 0 saturated carbocycles. The maximum atomic E-state index is 12.5. The Labute approximate surface area is 125 Å². The molecule has 0 spiro atoms. The van der Waals surface area contributed by atoms with Gasteiger partial charge in [-0.25, -0.2) is 0 Å². The van der Waals surface area contributed by atoms with E-state index in [1.54, 1.807) is 16.9 Å². The molecule has 1 saturated heterocycles. The summed E-state index contributed by atoms with van der Waals surface area (Å²) in [6, 6.07) is -0.144. The first-order valence-corrected chi connectivity index (χ1v) is 6.98. The van der Waals surface area contributed by atoms with Gasteiger partial charge in [0.1, 0.15) is 12.0 Å². The van der Waals surface area contributed by atoms with E-state index in [4.69, 9.17) is 0 Å². The minimum Gasteiger partial charge on any atom is -0.350 e. The number of rotatable bonds is 4. The van der Waals surface area contributed by atoms with Crippen molar-refractivity contribution < 1.29 is 22.8 Å². The minimum absolute atomic E-state index is 0.120. The maximum Gasteiger partial charge on any atom is 0.408 e. The van der Waals surface area contributed by atoms with Crippen LogP contribution < -0.4 is 10.6 Å². The first-order chi connectivity index (χ1) is 10.3. The van der Waals surface area contributed by atoms with Gasteiger partial charge < -0.3 is 10.6 Å². The predicted octanol–water partition coefficient (Wildman–Crippen LogP) is 0.976. The molecule has 2 heterocycles. The lowest BCUT2D eigenvalue weighted by Gasteiger charge is -2.29. The van der Waals surface area contributed by atoms with Crippen LogP contribution in [0.3, 0.4) is 0 Å². The molecule has 22 heavy (non-hydrogen) atoms. The summed E-state index contributed by atoms with van der Waals surface area (Å²) in [6.45, 7) is 2.74. The number of carbonyl (C=O) groups excluding carboxylic acids is 2. The van der Waals surface area contributed by atoms with Crippen molar-refractivity contribution in [2.75, 3.05) is 0 Å². The van der Waals surface area contributed by atoms with Crippen molar-refractivity contribution in [2.24, 2.45) is 5.92 Å². The van der Waals surface area contributed by atoms with Gasteiger partial charge in [0.25, 0.3) is 0 Å². The first kappa shape index (κ1) is 16.3. The van der Waals surface area contributed by atoms with E-state index in [9.17, 15) is 22.8 Å². The van der Waals surface area contributed by atoms with Gasteiger partial charge in [-0.05, 0) is 25.8 Å². The second-order valence-corrected chi connectivity index (χ2v) is 5.11. The van der Waals surface area contributed by atoms with Crippen molar-refractivity contribution in [3.63, 3.8) is 0 Å². The molecule has 2 unspecified atom stereocenters. The van der Waals surface area contributed by atoms with Gasteiger partial charge in [-0.2, -0.15) is 18.3 Å². The summed E-state index contributed by atoms with van der Waals surface area (Å²) in [6.07, 6.45) is -3.14. The molecule has 1 fully saturated rings. The molecule has 1 aliphatic heterocycles. The van der Waals surface area contributed by atoms with Gasteiger partial charge in [0.05, 0.1) is 12.2 Å². The summed E-state index contributed by atoms with van der Waals surface area (Å²) in [7, 11) is 0. The highest BCUT2D eigenvalue weighted by Gasteiger charge is 2.45. The highest BCUT2D eigenvalue weighted by molar-refractivity contribution is 6.00. The van der Waals surface area contributed by atoms with E-state index in [0.29, 0.717) is 12.2 Å². The molecule has 0 bridgehead atoms. The topological polar surface area (TPSA) is 76.0 Å². The molecule has 2 rings (SSSR count). The molecule has 122 valence electrons. The van der Waals surface area contributed by atoms with Gasteiger partial charge in [0.15, 0.2) is 0 Å². The summed E-state index contributed by atoms with van der Waals surface area (Å²) >= 11 is 0. The molecule has 0 aliphatic carbocycles. The summed E-state index contributed by atoms with van der Waals surface area (Å²) in [5, 5.41) is 8.55. The van der Waals surface area contributed by atoms with E-state index < -0.39 is 30.0 Å². The third-order valence-electron chi connectivity index (χ3n) is 3.55. The summed E-state index contributed by atoms with van der Waals surface area (Å²) < 4.78 is 39.3. The number of nitrogens with zero attached hydrogens (tertiary/aromatic N) is 2. The molecule has 2 N–H and O–H groups in total. The van der Waals surface area contributed by atoms with Crippen molar-refractivity contribution in [1.29, 1.82) is 0 Å². The van der Waals surface area contributed by atoms with Gasteiger partial charge in [0, 0.05) is 12.7 Å². The fourth-order valence-electron chi connectivity index (χ4n) is 2.28. The van der Waals surface area contributed by atoms with E-state index in [1.165, 1.54) is 0 Å². The minimum atomic E-state index is -4.48. The van der Waals surface area contributed by atoms with Gasteiger partial charge in [0.2, 0.25) is 11.8 Å². The Bertz CT molecular complexity index is 556. The number of aromatic nitrogens is 2. The zero-order valence-corrected chi connectivity index (χ0v) is 12.0. The lowest BCUT2D eigenvalue weighted by atomic mass is 9.93. The highest BCUT2D eigenvalue weighted by Crippen LogP contribution is 2.28. The number of amides is 2. The molecule has 2 amide bonds. The molecule has 1 aromatic heterocycles. The molecule has 1 aromatic rings. The Kier molecular flexibility index (Phi) is 4.72.